The fraction of sp³-hybridized carbons (Fsp3) is 0.304. The first-order chi connectivity index (χ1) is 15.0. The minimum Gasteiger partial charge on any atom is -0.494 e. The largest absolute Gasteiger partial charge is 0.494 e. The molecule has 2 aromatic carbocycles. The Kier molecular flexibility index (Phi) is 6.08. The minimum atomic E-state index is -0.239. The van der Waals surface area contributed by atoms with Gasteiger partial charge >= 0.3 is 0 Å². The molecule has 0 spiro atoms. The van der Waals surface area contributed by atoms with E-state index in [1.807, 2.05) is 25.1 Å². The zero-order valence-electron chi connectivity index (χ0n) is 17.5. The lowest BCUT2D eigenvalue weighted by atomic mass is 10.1. The summed E-state index contributed by atoms with van der Waals surface area (Å²) in [6, 6.07) is 12.4. The minimum absolute atomic E-state index is 0.203. The molecule has 0 N–H and O–H groups in total. The van der Waals surface area contributed by atoms with Gasteiger partial charge in [-0.3, -0.25) is 24.2 Å². The number of hydrogen-bond acceptors (Lipinski definition) is 6. The van der Waals surface area contributed by atoms with Crippen molar-refractivity contribution in [1.82, 2.24) is 4.90 Å². The number of hydrogen-bond donors (Lipinski definition) is 0. The molecule has 8 heteroatoms. The van der Waals surface area contributed by atoms with Gasteiger partial charge in [0.15, 0.2) is 5.17 Å². The Morgan fingerprint density at radius 1 is 1.10 bits per heavy atom. The van der Waals surface area contributed by atoms with Gasteiger partial charge in [0.1, 0.15) is 11.4 Å². The summed E-state index contributed by atoms with van der Waals surface area (Å²) in [5, 5.41) is 0.610. The van der Waals surface area contributed by atoms with Gasteiger partial charge in [0.25, 0.3) is 5.91 Å². The van der Waals surface area contributed by atoms with Gasteiger partial charge in [0, 0.05) is 30.7 Å². The van der Waals surface area contributed by atoms with Gasteiger partial charge < -0.3 is 4.74 Å². The van der Waals surface area contributed by atoms with Crippen molar-refractivity contribution in [2.45, 2.75) is 26.2 Å². The number of aliphatic imine (C=N–C) groups is 1. The topological polar surface area (TPSA) is 79.3 Å². The summed E-state index contributed by atoms with van der Waals surface area (Å²) in [5.74, 6) is 0.824. The van der Waals surface area contributed by atoms with Crippen molar-refractivity contribution in [3.63, 3.8) is 0 Å². The van der Waals surface area contributed by atoms with Crippen molar-refractivity contribution >= 4 is 46.0 Å². The smallest absolute Gasteiger partial charge is 0.259 e. The number of benzene rings is 2. The van der Waals surface area contributed by atoms with Crippen LogP contribution in [0.15, 0.2) is 47.5 Å². The van der Waals surface area contributed by atoms with Crippen LogP contribution in [0.4, 0.5) is 11.4 Å². The molecule has 2 fully saturated rings. The van der Waals surface area contributed by atoms with E-state index in [-0.39, 0.29) is 30.6 Å². The molecule has 2 saturated heterocycles. The third-order valence-electron chi connectivity index (χ3n) is 5.19. The number of amides is 3. The number of aryl methyl sites for hydroxylation is 1. The second kappa shape index (κ2) is 8.93. The lowest BCUT2D eigenvalue weighted by molar-refractivity contribution is -0.121. The van der Waals surface area contributed by atoms with Crippen LogP contribution in [-0.4, -0.2) is 47.2 Å². The highest BCUT2D eigenvalue weighted by atomic mass is 32.2. The van der Waals surface area contributed by atoms with Crippen LogP contribution in [0.3, 0.4) is 0 Å². The summed E-state index contributed by atoms with van der Waals surface area (Å²) in [6.07, 6.45) is 1.26. The standard InChI is InChI=1S/C23H23N3O4S/c1-15-7-8-19(30-2)18(13-15)24-23-25(11-4-12-31-23)22(29)16-5-3-6-17(14-16)26-20(27)9-10-21(26)28/h3,5-8,13-14H,4,9-12H2,1-2H3. The molecule has 0 unspecified atom stereocenters. The first-order valence-electron chi connectivity index (χ1n) is 10.1. The zero-order valence-corrected chi connectivity index (χ0v) is 18.3. The molecule has 2 aliphatic rings. The average Bonchev–Trinajstić information content (AvgIpc) is 3.12. The monoisotopic (exact) mass is 437 g/mol. The van der Waals surface area contributed by atoms with Gasteiger partial charge in [-0.15, -0.1) is 0 Å². The van der Waals surface area contributed by atoms with Gasteiger partial charge in [0.2, 0.25) is 11.8 Å². The molecule has 4 rings (SSSR count). The summed E-state index contributed by atoms with van der Waals surface area (Å²) >= 11 is 1.53. The summed E-state index contributed by atoms with van der Waals surface area (Å²) in [6.45, 7) is 2.52. The molecule has 0 aromatic heterocycles. The van der Waals surface area contributed by atoms with E-state index in [1.54, 1.807) is 36.3 Å². The number of nitrogens with zero attached hydrogens (tertiary/aromatic N) is 3. The van der Waals surface area contributed by atoms with E-state index in [4.69, 9.17) is 9.73 Å². The maximum Gasteiger partial charge on any atom is 0.259 e. The Balaban J connectivity index is 1.66. The molecule has 2 heterocycles. The number of methoxy groups -OCH3 is 1. The molecule has 0 bridgehead atoms. The van der Waals surface area contributed by atoms with Crippen LogP contribution in [0, 0.1) is 6.92 Å². The first-order valence-corrected chi connectivity index (χ1v) is 11.1. The van der Waals surface area contributed by atoms with E-state index in [0.29, 0.717) is 34.4 Å². The molecule has 2 aliphatic heterocycles. The van der Waals surface area contributed by atoms with Crippen LogP contribution in [-0.2, 0) is 9.59 Å². The van der Waals surface area contributed by atoms with Crippen LogP contribution < -0.4 is 9.64 Å². The van der Waals surface area contributed by atoms with Crippen LogP contribution in [0.25, 0.3) is 0 Å². The van der Waals surface area contributed by atoms with E-state index in [0.717, 1.165) is 22.6 Å². The lowest BCUT2D eigenvalue weighted by Gasteiger charge is -2.28. The van der Waals surface area contributed by atoms with Gasteiger partial charge in [-0.2, -0.15) is 0 Å². The van der Waals surface area contributed by atoms with Crippen molar-refractivity contribution in [1.29, 1.82) is 0 Å². The van der Waals surface area contributed by atoms with E-state index >= 15 is 0 Å². The van der Waals surface area contributed by atoms with Crippen LogP contribution in [0.2, 0.25) is 0 Å². The fourth-order valence-corrected chi connectivity index (χ4v) is 4.58. The maximum atomic E-state index is 13.4. The Morgan fingerprint density at radius 2 is 1.87 bits per heavy atom. The van der Waals surface area contributed by atoms with E-state index in [9.17, 15) is 14.4 Å². The molecule has 31 heavy (non-hydrogen) atoms. The SMILES string of the molecule is COc1ccc(C)cc1N=C1SCCCN1C(=O)c1cccc(N2C(=O)CCC2=O)c1. The Morgan fingerprint density at radius 3 is 2.61 bits per heavy atom. The van der Waals surface area contributed by atoms with E-state index < -0.39 is 0 Å². The second-order valence-corrected chi connectivity index (χ2v) is 8.46. The summed E-state index contributed by atoms with van der Waals surface area (Å²) < 4.78 is 5.43. The van der Waals surface area contributed by atoms with Gasteiger partial charge in [-0.1, -0.05) is 23.9 Å². The average molecular weight is 438 g/mol. The Hall–Kier alpha value is -3.13. The quantitative estimate of drug-likeness (QED) is 0.678. The molecule has 2 aromatic rings. The predicted octanol–water partition coefficient (Wildman–Crippen LogP) is 3.92. The molecular weight excluding hydrogens is 414 g/mol. The molecule has 0 saturated carbocycles. The number of thioether (sulfide) groups is 1. The number of imide groups is 1. The van der Waals surface area contributed by atoms with Crippen molar-refractivity contribution in [3.8, 4) is 5.75 Å². The van der Waals surface area contributed by atoms with Gasteiger partial charge in [-0.25, -0.2) is 4.99 Å². The number of anilines is 1. The molecule has 0 aliphatic carbocycles. The second-order valence-electron chi connectivity index (χ2n) is 7.40. The van der Waals surface area contributed by atoms with Crippen molar-refractivity contribution in [2.24, 2.45) is 4.99 Å². The van der Waals surface area contributed by atoms with Crippen LogP contribution >= 0.6 is 11.8 Å². The normalized spacial score (nSPS) is 18.1. The lowest BCUT2D eigenvalue weighted by Crippen LogP contribution is -2.39. The van der Waals surface area contributed by atoms with E-state index in [1.165, 1.54) is 11.8 Å². The van der Waals surface area contributed by atoms with Crippen LogP contribution in [0.5, 0.6) is 5.75 Å². The molecular formula is C23H23N3O4S. The van der Waals surface area contributed by atoms with Crippen molar-refractivity contribution in [3.05, 3.63) is 53.6 Å². The number of amidine groups is 1. The third-order valence-corrected chi connectivity index (χ3v) is 6.25. The number of carbonyl (C=O) groups excluding carboxylic acids is 3. The highest BCUT2D eigenvalue weighted by molar-refractivity contribution is 8.13. The Labute approximate surface area is 185 Å². The zero-order chi connectivity index (χ0) is 22.0. The summed E-state index contributed by atoms with van der Waals surface area (Å²) in [5.41, 5.74) is 2.57. The van der Waals surface area contributed by atoms with Crippen molar-refractivity contribution in [2.75, 3.05) is 24.3 Å². The highest BCUT2D eigenvalue weighted by Gasteiger charge is 2.31. The first kappa shape index (κ1) is 21.1. The van der Waals surface area contributed by atoms with E-state index in [2.05, 4.69) is 0 Å². The fourth-order valence-electron chi connectivity index (χ4n) is 3.63. The molecule has 0 atom stereocenters. The molecule has 3 amide bonds. The summed E-state index contributed by atoms with van der Waals surface area (Å²) in [4.78, 5) is 45.1. The molecule has 160 valence electrons. The maximum absolute atomic E-state index is 13.4. The summed E-state index contributed by atoms with van der Waals surface area (Å²) in [7, 11) is 1.59. The molecule has 0 radical (unpaired) electrons. The number of carbonyl (C=O) groups is 3. The van der Waals surface area contributed by atoms with Crippen molar-refractivity contribution < 1.29 is 19.1 Å². The number of rotatable bonds is 4. The molecule has 7 nitrogen and oxygen atoms in total. The highest BCUT2D eigenvalue weighted by Crippen LogP contribution is 2.32. The predicted molar refractivity (Wildman–Crippen MR) is 121 cm³/mol. The Bertz CT molecular complexity index is 1070. The van der Waals surface area contributed by atoms with Gasteiger partial charge in [0.05, 0.1) is 12.8 Å². The van der Waals surface area contributed by atoms with Gasteiger partial charge in [-0.05, 0) is 49.2 Å². The number of ether oxygens (including phenoxy) is 1. The third kappa shape index (κ3) is 4.34. The van der Waals surface area contributed by atoms with Crippen LogP contribution in [0.1, 0.15) is 35.2 Å².